The molecule has 0 aliphatic carbocycles. The molecule has 0 aromatic heterocycles. The second-order valence-electron chi connectivity index (χ2n) is 5.28. The van der Waals surface area contributed by atoms with Gasteiger partial charge in [0.1, 0.15) is 0 Å². The van der Waals surface area contributed by atoms with Crippen LogP contribution in [0.25, 0.3) is 0 Å². The predicted molar refractivity (Wildman–Crippen MR) is 71.7 cm³/mol. The summed E-state index contributed by atoms with van der Waals surface area (Å²) in [6.45, 7) is 11.7. The number of likely N-dealkylation sites (tertiary alicyclic amines) is 1. The average molecular weight is 224 g/mol. The fourth-order valence-corrected chi connectivity index (χ4v) is 2.37. The van der Waals surface area contributed by atoms with E-state index in [0.717, 1.165) is 18.5 Å². The zero-order valence-electron chi connectivity index (χ0n) is 11.2. The molecule has 1 rings (SSSR count). The Morgan fingerprint density at radius 3 is 2.56 bits per heavy atom. The van der Waals surface area contributed by atoms with Crippen LogP contribution in [-0.2, 0) is 0 Å². The lowest BCUT2D eigenvalue weighted by molar-refractivity contribution is 0.180. The first kappa shape index (κ1) is 13.7. The van der Waals surface area contributed by atoms with Crippen LogP contribution >= 0.6 is 0 Å². The Morgan fingerprint density at radius 1 is 1.31 bits per heavy atom. The number of allylic oxidation sites excluding steroid dienone is 1. The highest BCUT2D eigenvalue weighted by molar-refractivity contribution is 4.81. The highest BCUT2D eigenvalue weighted by Gasteiger charge is 2.18. The molecular formula is C14H28N2. The molecule has 0 spiro atoms. The van der Waals surface area contributed by atoms with E-state index in [1.54, 1.807) is 0 Å². The minimum absolute atomic E-state index is 0.758. The van der Waals surface area contributed by atoms with Crippen LogP contribution in [0.15, 0.2) is 12.2 Å². The summed E-state index contributed by atoms with van der Waals surface area (Å²) in [6, 6.07) is 0.758. The molecule has 1 saturated heterocycles. The molecule has 0 atom stereocenters. The molecule has 2 heteroatoms. The molecule has 1 N–H and O–H groups in total. The molecule has 0 aromatic rings. The Balaban J connectivity index is 2.07. The summed E-state index contributed by atoms with van der Waals surface area (Å²) in [5.74, 6) is 0.805. The Labute approximate surface area is 101 Å². The van der Waals surface area contributed by atoms with Crippen molar-refractivity contribution in [2.24, 2.45) is 5.92 Å². The van der Waals surface area contributed by atoms with Crippen molar-refractivity contribution < 1.29 is 0 Å². The van der Waals surface area contributed by atoms with Crippen LogP contribution in [-0.4, -0.2) is 37.1 Å². The summed E-state index contributed by atoms with van der Waals surface area (Å²) < 4.78 is 0. The molecule has 0 bridgehead atoms. The minimum atomic E-state index is 0.758. The molecule has 0 aromatic carbocycles. The van der Waals surface area contributed by atoms with Crippen molar-refractivity contribution in [3.05, 3.63) is 12.2 Å². The van der Waals surface area contributed by atoms with E-state index in [9.17, 15) is 0 Å². The van der Waals surface area contributed by atoms with E-state index in [1.807, 2.05) is 0 Å². The van der Waals surface area contributed by atoms with Crippen molar-refractivity contribution in [2.75, 3.05) is 26.2 Å². The van der Waals surface area contributed by atoms with E-state index in [0.29, 0.717) is 0 Å². The lowest BCUT2D eigenvalue weighted by Gasteiger charge is -2.33. The summed E-state index contributed by atoms with van der Waals surface area (Å²) in [4.78, 5) is 2.61. The maximum atomic E-state index is 3.65. The molecule has 0 radical (unpaired) electrons. The molecule has 1 heterocycles. The standard InChI is InChI=1S/C14H28N2/c1-4-5-6-9-15-14-7-10-16(11-8-14)12-13(2)3/h4-5,13-15H,6-12H2,1-3H3/b5-4+. The molecule has 1 aliphatic heterocycles. The first-order valence-electron chi connectivity index (χ1n) is 6.79. The van der Waals surface area contributed by atoms with Crippen molar-refractivity contribution in [3.8, 4) is 0 Å². The molecule has 1 aliphatic rings. The van der Waals surface area contributed by atoms with E-state index in [1.165, 1.54) is 38.9 Å². The van der Waals surface area contributed by atoms with Crippen LogP contribution in [0.5, 0.6) is 0 Å². The van der Waals surface area contributed by atoms with Crippen LogP contribution in [0.2, 0.25) is 0 Å². The topological polar surface area (TPSA) is 15.3 Å². The van der Waals surface area contributed by atoms with E-state index >= 15 is 0 Å². The van der Waals surface area contributed by atoms with Gasteiger partial charge < -0.3 is 10.2 Å². The van der Waals surface area contributed by atoms with E-state index in [4.69, 9.17) is 0 Å². The number of hydrogen-bond acceptors (Lipinski definition) is 2. The highest BCUT2D eigenvalue weighted by Crippen LogP contribution is 2.11. The highest BCUT2D eigenvalue weighted by atomic mass is 15.1. The van der Waals surface area contributed by atoms with Gasteiger partial charge in [-0.15, -0.1) is 0 Å². The average Bonchev–Trinajstić information content (AvgIpc) is 2.26. The molecule has 1 fully saturated rings. The maximum Gasteiger partial charge on any atom is 0.00915 e. The predicted octanol–water partition coefficient (Wildman–Crippen LogP) is 2.66. The van der Waals surface area contributed by atoms with Gasteiger partial charge in [0, 0.05) is 12.6 Å². The van der Waals surface area contributed by atoms with Crippen LogP contribution in [0, 0.1) is 5.92 Å². The fourth-order valence-electron chi connectivity index (χ4n) is 2.37. The van der Waals surface area contributed by atoms with Gasteiger partial charge in [0.2, 0.25) is 0 Å². The number of piperidine rings is 1. The molecule has 0 amide bonds. The lowest BCUT2D eigenvalue weighted by Crippen LogP contribution is -2.43. The third-order valence-corrected chi connectivity index (χ3v) is 3.19. The van der Waals surface area contributed by atoms with E-state index < -0.39 is 0 Å². The van der Waals surface area contributed by atoms with Gasteiger partial charge in [-0.05, 0) is 51.7 Å². The molecule has 94 valence electrons. The van der Waals surface area contributed by atoms with Crippen molar-refractivity contribution in [3.63, 3.8) is 0 Å². The van der Waals surface area contributed by atoms with Gasteiger partial charge in [-0.25, -0.2) is 0 Å². The second-order valence-corrected chi connectivity index (χ2v) is 5.28. The number of nitrogens with zero attached hydrogens (tertiary/aromatic N) is 1. The van der Waals surface area contributed by atoms with Gasteiger partial charge in [0.05, 0.1) is 0 Å². The van der Waals surface area contributed by atoms with E-state index in [-0.39, 0.29) is 0 Å². The Bertz CT molecular complexity index is 191. The number of rotatable bonds is 6. The van der Waals surface area contributed by atoms with Gasteiger partial charge >= 0.3 is 0 Å². The van der Waals surface area contributed by atoms with Gasteiger partial charge in [-0.2, -0.15) is 0 Å². The Morgan fingerprint density at radius 2 is 2.00 bits per heavy atom. The Hall–Kier alpha value is -0.340. The normalized spacial score (nSPS) is 20.0. The first-order valence-corrected chi connectivity index (χ1v) is 6.79. The van der Waals surface area contributed by atoms with Crippen LogP contribution in [0.1, 0.15) is 40.0 Å². The monoisotopic (exact) mass is 224 g/mol. The lowest BCUT2D eigenvalue weighted by atomic mass is 10.0. The SMILES string of the molecule is C/C=C/CCNC1CCN(CC(C)C)CC1. The van der Waals surface area contributed by atoms with Crippen molar-refractivity contribution >= 4 is 0 Å². The minimum Gasteiger partial charge on any atom is -0.314 e. The Kier molecular flexibility index (Phi) is 6.74. The summed E-state index contributed by atoms with van der Waals surface area (Å²) in [6.07, 6.45) is 8.18. The number of hydrogen-bond donors (Lipinski definition) is 1. The van der Waals surface area contributed by atoms with Gasteiger partial charge in [0.25, 0.3) is 0 Å². The zero-order valence-corrected chi connectivity index (χ0v) is 11.2. The fraction of sp³-hybridized carbons (Fsp3) is 0.857. The molecule has 0 unspecified atom stereocenters. The molecule has 0 saturated carbocycles. The van der Waals surface area contributed by atoms with Gasteiger partial charge in [-0.1, -0.05) is 26.0 Å². The van der Waals surface area contributed by atoms with Crippen LogP contribution in [0.4, 0.5) is 0 Å². The van der Waals surface area contributed by atoms with Crippen molar-refractivity contribution in [1.82, 2.24) is 10.2 Å². The molecular weight excluding hydrogens is 196 g/mol. The molecule has 16 heavy (non-hydrogen) atoms. The number of nitrogens with one attached hydrogen (secondary N) is 1. The summed E-state index contributed by atoms with van der Waals surface area (Å²) in [7, 11) is 0. The molecule has 2 nitrogen and oxygen atoms in total. The van der Waals surface area contributed by atoms with Gasteiger partial charge in [-0.3, -0.25) is 0 Å². The van der Waals surface area contributed by atoms with Crippen LogP contribution in [0.3, 0.4) is 0 Å². The van der Waals surface area contributed by atoms with Crippen molar-refractivity contribution in [1.29, 1.82) is 0 Å². The smallest absolute Gasteiger partial charge is 0.00915 e. The summed E-state index contributed by atoms with van der Waals surface area (Å²) in [5, 5.41) is 3.65. The van der Waals surface area contributed by atoms with Crippen molar-refractivity contribution in [2.45, 2.75) is 46.1 Å². The first-order chi connectivity index (χ1) is 7.72. The summed E-state index contributed by atoms with van der Waals surface area (Å²) in [5.41, 5.74) is 0. The third kappa shape index (κ3) is 5.66. The van der Waals surface area contributed by atoms with Crippen LogP contribution < -0.4 is 5.32 Å². The quantitative estimate of drug-likeness (QED) is 0.551. The maximum absolute atomic E-state index is 3.65. The third-order valence-electron chi connectivity index (χ3n) is 3.19. The summed E-state index contributed by atoms with van der Waals surface area (Å²) >= 11 is 0. The van der Waals surface area contributed by atoms with E-state index in [2.05, 4.69) is 43.1 Å². The largest absolute Gasteiger partial charge is 0.314 e. The van der Waals surface area contributed by atoms with Gasteiger partial charge in [0.15, 0.2) is 0 Å². The second kappa shape index (κ2) is 7.86. The zero-order chi connectivity index (χ0) is 11.8.